The Hall–Kier alpha value is -0.250. The molecule has 0 aliphatic rings. The van der Waals surface area contributed by atoms with E-state index >= 15 is 0 Å². The topological polar surface area (TPSA) is 3.24 Å². The van der Waals surface area contributed by atoms with Crippen molar-refractivity contribution >= 4 is 0 Å². The Balaban J connectivity index is -0.0000000320. The van der Waals surface area contributed by atoms with Crippen LogP contribution in [0.25, 0.3) is 0 Å². The fourth-order valence-electron chi connectivity index (χ4n) is 0.671. The van der Waals surface area contributed by atoms with E-state index < -0.39 is 0 Å². The molecule has 0 radical (unpaired) electrons. The summed E-state index contributed by atoms with van der Waals surface area (Å²) in [6.07, 6.45) is 1.25. The van der Waals surface area contributed by atoms with Crippen molar-refractivity contribution in [3.05, 3.63) is 0 Å². The third kappa shape index (κ3) is 33.8. The van der Waals surface area contributed by atoms with E-state index in [9.17, 15) is 0 Å². The highest BCUT2D eigenvalue weighted by Crippen LogP contribution is 1.81. The van der Waals surface area contributed by atoms with Crippen LogP contribution in [-0.2, 0) is 0 Å². The first-order valence-corrected chi connectivity index (χ1v) is 4.48. The molecule has 0 spiro atoms. The lowest BCUT2D eigenvalue weighted by Crippen LogP contribution is -2.21. The summed E-state index contributed by atoms with van der Waals surface area (Å²) in [4.78, 5) is 2.38. The van der Waals surface area contributed by atoms with Crippen LogP contribution >= 0.6 is 0 Å². The summed E-state index contributed by atoms with van der Waals surface area (Å²) in [6, 6.07) is 0. The molecule has 0 fully saturated rings. The Morgan fingerprint density at radius 3 is 0.769 bits per heavy atom. The molecule has 0 aromatic heterocycles. The van der Waals surface area contributed by atoms with Crippen molar-refractivity contribution < 1.29 is 14.1 Å². The number of nitrogens with zero attached hydrogens (tertiary/aromatic N) is 1. The molecule has 0 atom stereocenters. The lowest BCUT2D eigenvalue weighted by Gasteiger charge is -2.13. The number of hydrogen-bond acceptors (Lipinski definition) is 1. The zero-order chi connectivity index (χ0) is 8.41. The minimum absolute atomic E-state index is 0. The molecule has 0 unspecified atom stereocenters. The standard InChI is InChI=1S/C6H15N.C3H8.3FH/c1-4-7(5-2)6-3;1-3-2;;;/h4-6H2,1-3H3;3H2,1-2H3;3*1H. The van der Waals surface area contributed by atoms with E-state index in [2.05, 4.69) is 39.5 Å². The quantitative estimate of drug-likeness (QED) is 0.683. The van der Waals surface area contributed by atoms with Gasteiger partial charge in [0, 0.05) is 0 Å². The molecule has 1 nitrogen and oxygen atoms in total. The van der Waals surface area contributed by atoms with Crippen LogP contribution in [0, 0.1) is 0 Å². The van der Waals surface area contributed by atoms with Gasteiger partial charge in [-0.3, -0.25) is 14.1 Å². The maximum atomic E-state index is 2.38. The molecule has 0 aliphatic carbocycles. The molecule has 0 aromatic rings. The highest BCUT2D eigenvalue weighted by Gasteiger charge is 1.89. The van der Waals surface area contributed by atoms with E-state index in [1.807, 2.05) is 0 Å². The van der Waals surface area contributed by atoms with Crippen LogP contribution < -0.4 is 0 Å². The molecule has 0 amide bonds. The Bertz CT molecular complexity index is 44.6. The van der Waals surface area contributed by atoms with Gasteiger partial charge in [-0.05, 0) is 19.6 Å². The van der Waals surface area contributed by atoms with Gasteiger partial charge in [-0.15, -0.1) is 0 Å². The molecular weight excluding hydrogens is 179 g/mol. The molecule has 0 saturated carbocycles. The van der Waals surface area contributed by atoms with E-state index in [1.54, 1.807) is 0 Å². The normalized spacial score (nSPS) is 6.92. The van der Waals surface area contributed by atoms with Gasteiger partial charge in [-0.25, -0.2) is 0 Å². The second-order valence-electron chi connectivity index (χ2n) is 2.33. The number of hydrogen-bond donors (Lipinski definition) is 0. The summed E-state index contributed by atoms with van der Waals surface area (Å²) < 4.78 is 0. The van der Waals surface area contributed by atoms with Crippen LogP contribution in [0.4, 0.5) is 14.1 Å². The summed E-state index contributed by atoms with van der Waals surface area (Å²) in [5.41, 5.74) is 0. The van der Waals surface area contributed by atoms with Crippen molar-refractivity contribution in [2.75, 3.05) is 19.6 Å². The first-order chi connectivity index (χ1) is 4.76. The van der Waals surface area contributed by atoms with Gasteiger partial charge in [0.1, 0.15) is 0 Å². The fourth-order valence-corrected chi connectivity index (χ4v) is 0.671. The van der Waals surface area contributed by atoms with E-state index in [0.29, 0.717) is 0 Å². The molecule has 0 N–H and O–H groups in total. The Morgan fingerprint density at radius 1 is 0.615 bits per heavy atom. The van der Waals surface area contributed by atoms with Crippen LogP contribution in [0.2, 0.25) is 0 Å². The Morgan fingerprint density at radius 2 is 0.769 bits per heavy atom. The largest absolute Gasteiger partial charge is 0.304 e. The van der Waals surface area contributed by atoms with Gasteiger partial charge in [-0.2, -0.15) is 0 Å². The molecular formula is C9H26F3N. The van der Waals surface area contributed by atoms with Crippen molar-refractivity contribution in [1.82, 2.24) is 4.90 Å². The lowest BCUT2D eigenvalue weighted by atomic mass is 10.5. The van der Waals surface area contributed by atoms with Crippen molar-refractivity contribution in [1.29, 1.82) is 0 Å². The van der Waals surface area contributed by atoms with Crippen molar-refractivity contribution in [2.45, 2.75) is 41.0 Å². The molecule has 0 aliphatic heterocycles. The van der Waals surface area contributed by atoms with Gasteiger partial charge in [-0.1, -0.05) is 41.0 Å². The predicted molar refractivity (Wildman–Crippen MR) is 56.9 cm³/mol. The highest BCUT2D eigenvalue weighted by molar-refractivity contribution is 4.43. The van der Waals surface area contributed by atoms with Crippen LogP contribution in [0.1, 0.15) is 41.0 Å². The summed E-state index contributed by atoms with van der Waals surface area (Å²) in [6.45, 7) is 14.4. The lowest BCUT2D eigenvalue weighted by molar-refractivity contribution is 0.321. The minimum Gasteiger partial charge on any atom is -0.304 e. The van der Waals surface area contributed by atoms with Gasteiger partial charge in [0.15, 0.2) is 0 Å². The van der Waals surface area contributed by atoms with Crippen LogP contribution in [0.15, 0.2) is 0 Å². The number of rotatable bonds is 3. The maximum absolute atomic E-state index is 2.38. The molecule has 0 aromatic carbocycles. The summed E-state index contributed by atoms with van der Waals surface area (Å²) >= 11 is 0. The predicted octanol–water partition coefficient (Wildman–Crippen LogP) is 3.22. The van der Waals surface area contributed by atoms with Crippen molar-refractivity contribution in [3.63, 3.8) is 0 Å². The van der Waals surface area contributed by atoms with Gasteiger partial charge < -0.3 is 4.90 Å². The van der Waals surface area contributed by atoms with Crippen LogP contribution in [0.3, 0.4) is 0 Å². The summed E-state index contributed by atoms with van der Waals surface area (Å²) in [5, 5.41) is 0. The molecule has 0 rings (SSSR count). The van der Waals surface area contributed by atoms with Crippen molar-refractivity contribution in [2.24, 2.45) is 0 Å². The average Bonchev–Trinajstić information content (AvgIpc) is 1.93. The second kappa shape index (κ2) is 29.8. The molecule has 0 bridgehead atoms. The summed E-state index contributed by atoms with van der Waals surface area (Å²) in [7, 11) is 0. The monoisotopic (exact) mass is 205 g/mol. The minimum atomic E-state index is 0. The fraction of sp³-hybridized carbons (Fsp3) is 1.00. The first-order valence-electron chi connectivity index (χ1n) is 4.48. The molecule has 0 saturated heterocycles. The smallest absolute Gasteiger partial charge is 0.00474 e. The zero-order valence-corrected chi connectivity index (χ0v) is 9.50. The Kier molecular flexibility index (Phi) is 67.2. The van der Waals surface area contributed by atoms with Gasteiger partial charge in [0.2, 0.25) is 0 Å². The van der Waals surface area contributed by atoms with E-state index in [0.717, 1.165) is 0 Å². The summed E-state index contributed by atoms with van der Waals surface area (Å²) in [5.74, 6) is 0. The van der Waals surface area contributed by atoms with Crippen molar-refractivity contribution in [3.8, 4) is 0 Å². The highest BCUT2D eigenvalue weighted by atomic mass is 19.0. The molecule has 13 heavy (non-hydrogen) atoms. The van der Waals surface area contributed by atoms with Gasteiger partial charge in [0.05, 0.1) is 0 Å². The second-order valence-corrected chi connectivity index (χ2v) is 2.33. The third-order valence-electron chi connectivity index (χ3n) is 1.34. The van der Waals surface area contributed by atoms with E-state index in [4.69, 9.17) is 0 Å². The molecule has 0 heterocycles. The van der Waals surface area contributed by atoms with E-state index in [-0.39, 0.29) is 14.1 Å². The third-order valence-corrected chi connectivity index (χ3v) is 1.34. The molecule has 4 heteroatoms. The maximum Gasteiger partial charge on any atom is -0.00474 e. The van der Waals surface area contributed by atoms with Crippen LogP contribution in [0.5, 0.6) is 0 Å². The molecule has 88 valence electrons. The van der Waals surface area contributed by atoms with Gasteiger partial charge >= 0.3 is 0 Å². The van der Waals surface area contributed by atoms with Crippen LogP contribution in [-0.4, -0.2) is 24.5 Å². The zero-order valence-electron chi connectivity index (χ0n) is 9.50. The SMILES string of the molecule is CCC.CCN(CC)CC.F.F.F. The van der Waals surface area contributed by atoms with E-state index in [1.165, 1.54) is 26.1 Å². The average molecular weight is 205 g/mol. The van der Waals surface area contributed by atoms with Gasteiger partial charge in [0.25, 0.3) is 0 Å². The first kappa shape index (κ1) is 29.3. The Labute approximate surface area is 80.6 Å². The number of halogens is 3.